The summed E-state index contributed by atoms with van der Waals surface area (Å²) in [4.78, 5) is 25.4. The average molecular weight is 382 g/mol. The fraction of sp³-hybridized carbons (Fsp3) is 0.263. The van der Waals surface area contributed by atoms with Crippen LogP contribution in [0.3, 0.4) is 0 Å². The molecule has 0 bridgehead atoms. The van der Waals surface area contributed by atoms with Crippen LogP contribution in [0.1, 0.15) is 40.4 Å². The van der Waals surface area contributed by atoms with Crippen molar-refractivity contribution in [3.63, 3.8) is 0 Å². The highest BCUT2D eigenvalue weighted by Crippen LogP contribution is 2.24. The maximum atomic E-state index is 13.0. The van der Waals surface area contributed by atoms with Crippen LogP contribution in [0.4, 0.5) is 11.5 Å². The monoisotopic (exact) mass is 382 g/mol. The van der Waals surface area contributed by atoms with Gasteiger partial charge in [0.05, 0.1) is 29.9 Å². The number of esters is 1. The Morgan fingerprint density at radius 3 is 2.57 bits per heavy atom. The highest BCUT2D eigenvalue weighted by Gasteiger charge is 2.25. The first-order chi connectivity index (χ1) is 13.5. The van der Waals surface area contributed by atoms with Gasteiger partial charge < -0.3 is 15.8 Å². The number of nitrogen functional groups attached to an aromatic ring is 1. The van der Waals surface area contributed by atoms with E-state index in [9.17, 15) is 9.59 Å². The first kappa shape index (κ1) is 19.2. The lowest BCUT2D eigenvalue weighted by molar-refractivity contribution is 0.0527. The minimum absolute atomic E-state index is 0.150. The van der Waals surface area contributed by atoms with Gasteiger partial charge in [-0.2, -0.15) is 10.2 Å². The Hall–Kier alpha value is -3.62. The van der Waals surface area contributed by atoms with Crippen molar-refractivity contribution < 1.29 is 14.3 Å². The smallest absolute Gasteiger partial charge is 0.343 e. The number of nitrogens with two attached hydrogens (primary N) is 1. The predicted molar refractivity (Wildman–Crippen MR) is 105 cm³/mol. The van der Waals surface area contributed by atoms with Gasteiger partial charge in [0.1, 0.15) is 11.3 Å². The van der Waals surface area contributed by atoms with Crippen molar-refractivity contribution in [2.45, 2.75) is 27.3 Å². The van der Waals surface area contributed by atoms with Crippen molar-refractivity contribution in [3.05, 3.63) is 53.5 Å². The third-order valence-electron chi connectivity index (χ3n) is 4.19. The highest BCUT2D eigenvalue weighted by molar-refractivity contribution is 6.09. The van der Waals surface area contributed by atoms with Crippen LogP contribution in [0.15, 0.2) is 36.5 Å². The van der Waals surface area contributed by atoms with Crippen LogP contribution in [0.5, 0.6) is 0 Å². The number of hydrogen-bond donors (Lipinski definition) is 2. The van der Waals surface area contributed by atoms with E-state index in [1.165, 1.54) is 15.6 Å². The molecule has 0 saturated carbocycles. The number of anilines is 2. The minimum Gasteiger partial charge on any atom is -0.462 e. The van der Waals surface area contributed by atoms with Gasteiger partial charge in [-0.1, -0.05) is 18.2 Å². The number of nitrogens with one attached hydrogen (secondary N) is 1. The molecule has 3 N–H and O–H groups in total. The summed E-state index contributed by atoms with van der Waals surface area (Å²) >= 11 is 0. The normalized spacial score (nSPS) is 10.7. The molecule has 9 heteroatoms. The lowest BCUT2D eigenvalue weighted by Crippen LogP contribution is -2.22. The van der Waals surface area contributed by atoms with E-state index in [1.807, 2.05) is 37.3 Å². The van der Waals surface area contributed by atoms with Gasteiger partial charge in [0.25, 0.3) is 5.91 Å². The molecule has 0 aliphatic heterocycles. The molecule has 0 radical (unpaired) electrons. The fourth-order valence-electron chi connectivity index (χ4n) is 2.82. The van der Waals surface area contributed by atoms with E-state index < -0.39 is 11.9 Å². The summed E-state index contributed by atoms with van der Waals surface area (Å²) in [5.74, 6) is -0.855. The molecule has 0 aliphatic rings. The maximum absolute atomic E-state index is 13.0. The standard InChI is InChI=1S/C19H22N6O3/c1-4-24-16(15(20)12(3)23-24)18(26)22-17-14(19(27)28-5-2)11-21-25(17)13-9-7-6-8-10-13/h6-11H,4-5,20H2,1-3H3,(H,22,26). The SMILES string of the molecule is CCOC(=O)c1cnn(-c2ccccc2)c1NC(=O)c1c(N)c(C)nn1CC. The van der Waals surface area contributed by atoms with Crippen LogP contribution in [-0.4, -0.2) is 38.0 Å². The van der Waals surface area contributed by atoms with Gasteiger partial charge in [-0.25, -0.2) is 9.48 Å². The van der Waals surface area contributed by atoms with Crippen molar-refractivity contribution in [1.29, 1.82) is 0 Å². The van der Waals surface area contributed by atoms with E-state index in [1.54, 1.807) is 13.8 Å². The molecule has 146 valence electrons. The van der Waals surface area contributed by atoms with Crippen molar-refractivity contribution in [1.82, 2.24) is 19.6 Å². The second-order valence-corrected chi connectivity index (χ2v) is 5.99. The Labute approximate surface area is 162 Å². The number of ether oxygens (including phenoxy) is 1. The molecule has 3 rings (SSSR count). The summed E-state index contributed by atoms with van der Waals surface area (Å²) in [6, 6.07) is 9.15. The number of amides is 1. The van der Waals surface area contributed by atoms with Crippen LogP contribution in [-0.2, 0) is 11.3 Å². The van der Waals surface area contributed by atoms with E-state index >= 15 is 0 Å². The van der Waals surface area contributed by atoms with Gasteiger partial charge in [0, 0.05) is 6.54 Å². The highest BCUT2D eigenvalue weighted by atomic mass is 16.5. The number of hydrogen-bond acceptors (Lipinski definition) is 6. The van der Waals surface area contributed by atoms with Crippen LogP contribution < -0.4 is 11.1 Å². The third kappa shape index (κ3) is 3.46. The van der Waals surface area contributed by atoms with Gasteiger partial charge in [0.2, 0.25) is 0 Å². The van der Waals surface area contributed by atoms with Crippen LogP contribution in [0, 0.1) is 6.92 Å². The summed E-state index contributed by atoms with van der Waals surface area (Å²) in [6.07, 6.45) is 1.37. The minimum atomic E-state index is -0.576. The molecule has 0 aliphatic carbocycles. The third-order valence-corrected chi connectivity index (χ3v) is 4.19. The van der Waals surface area contributed by atoms with E-state index in [2.05, 4.69) is 15.5 Å². The summed E-state index contributed by atoms with van der Waals surface area (Å²) in [5, 5.41) is 11.3. The van der Waals surface area contributed by atoms with Crippen molar-refractivity contribution in [3.8, 4) is 5.69 Å². The van der Waals surface area contributed by atoms with Crippen LogP contribution >= 0.6 is 0 Å². The van der Waals surface area contributed by atoms with E-state index in [-0.39, 0.29) is 23.7 Å². The van der Waals surface area contributed by atoms with E-state index in [0.717, 1.165) is 0 Å². The quantitative estimate of drug-likeness (QED) is 0.632. The largest absolute Gasteiger partial charge is 0.462 e. The number of aromatic nitrogens is 4. The number of aryl methyl sites for hydroxylation is 2. The summed E-state index contributed by atoms with van der Waals surface area (Å²) in [7, 11) is 0. The molecule has 0 saturated heterocycles. The molecule has 3 aromatic rings. The molecule has 1 aromatic carbocycles. The summed E-state index contributed by atoms with van der Waals surface area (Å²) in [5.41, 5.74) is 7.97. The first-order valence-corrected chi connectivity index (χ1v) is 8.92. The molecule has 28 heavy (non-hydrogen) atoms. The lowest BCUT2D eigenvalue weighted by Gasteiger charge is -2.12. The zero-order valence-electron chi connectivity index (χ0n) is 16.0. The zero-order chi connectivity index (χ0) is 20.3. The maximum Gasteiger partial charge on any atom is 0.343 e. The number of carbonyl (C=O) groups excluding carboxylic acids is 2. The summed E-state index contributed by atoms with van der Waals surface area (Å²) < 4.78 is 8.09. The van der Waals surface area contributed by atoms with Crippen LogP contribution in [0.25, 0.3) is 5.69 Å². The van der Waals surface area contributed by atoms with Crippen molar-refractivity contribution >= 4 is 23.4 Å². The fourth-order valence-corrected chi connectivity index (χ4v) is 2.82. The van der Waals surface area contributed by atoms with Gasteiger partial charge in [-0.3, -0.25) is 9.48 Å². The molecular weight excluding hydrogens is 360 g/mol. The van der Waals surface area contributed by atoms with Crippen molar-refractivity contribution in [2.75, 3.05) is 17.7 Å². The molecule has 9 nitrogen and oxygen atoms in total. The molecule has 2 heterocycles. The number of benzene rings is 1. The number of carbonyl (C=O) groups is 2. The zero-order valence-corrected chi connectivity index (χ0v) is 16.0. The molecule has 0 unspecified atom stereocenters. The van der Waals surface area contributed by atoms with E-state index in [4.69, 9.17) is 10.5 Å². The van der Waals surface area contributed by atoms with Gasteiger partial charge in [0.15, 0.2) is 5.82 Å². The first-order valence-electron chi connectivity index (χ1n) is 8.92. The van der Waals surface area contributed by atoms with E-state index in [0.29, 0.717) is 23.6 Å². The lowest BCUT2D eigenvalue weighted by atomic mass is 10.2. The Morgan fingerprint density at radius 1 is 1.21 bits per heavy atom. The van der Waals surface area contributed by atoms with Crippen LogP contribution in [0.2, 0.25) is 0 Å². The Kier molecular flexibility index (Phi) is 5.44. The molecule has 0 atom stereocenters. The number of nitrogens with zero attached hydrogens (tertiary/aromatic N) is 4. The Morgan fingerprint density at radius 2 is 1.93 bits per heavy atom. The van der Waals surface area contributed by atoms with Gasteiger partial charge in [-0.05, 0) is 32.9 Å². The second-order valence-electron chi connectivity index (χ2n) is 5.99. The number of rotatable bonds is 6. The average Bonchev–Trinajstić information content (AvgIpc) is 3.23. The Bertz CT molecular complexity index is 1010. The molecular formula is C19H22N6O3. The summed E-state index contributed by atoms with van der Waals surface area (Å²) in [6.45, 7) is 5.99. The second kappa shape index (κ2) is 7.95. The topological polar surface area (TPSA) is 117 Å². The number of para-hydroxylation sites is 1. The molecule has 0 fully saturated rings. The molecule has 1 amide bonds. The molecule has 0 spiro atoms. The van der Waals surface area contributed by atoms with Gasteiger partial charge in [-0.15, -0.1) is 0 Å². The van der Waals surface area contributed by atoms with Crippen molar-refractivity contribution in [2.24, 2.45) is 0 Å². The predicted octanol–water partition coefficient (Wildman–Crippen LogP) is 2.41. The van der Waals surface area contributed by atoms with Gasteiger partial charge >= 0.3 is 5.97 Å². The molecule has 2 aromatic heterocycles. The Balaban J connectivity index is 2.06.